The molecule has 0 spiro atoms. The van der Waals surface area contributed by atoms with E-state index in [-0.39, 0.29) is 11.9 Å². The van der Waals surface area contributed by atoms with Gasteiger partial charge in [0.2, 0.25) is 0 Å². The topological polar surface area (TPSA) is 108 Å². The fourth-order valence-corrected chi connectivity index (χ4v) is 3.71. The maximum Gasteiger partial charge on any atom is 0.279 e. The number of piperidine rings is 1. The van der Waals surface area contributed by atoms with Crippen molar-refractivity contribution in [1.29, 1.82) is 0 Å². The van der Waals surface area contributed by atoms with Gasteiger partial charge in [-0.25, -0.2) is 4.72 Å². The highest BCUT2D eigenvalue weighted by atomic mass is 32.2. The Morgan fingerprint density at radius 3 is 2.84 bits per heavy atom. The Labute approximate surface area is 115 Å². The van der Waals surface area contributed by atoms with Crippen LogP contribution in [0.3, 0.4) is 0 Å². The van der Waals surface area contributed by atoms with Crippen LogP contribution in [0.25, 0.3) is 0 Å². The molecule has 1 heterocycles. The van der Waals surface area contributed by atoms with Crippen molar-refractivity contribution < 1.29 is 13.6 Å². The van der Waals surface area contributed by atoms with E-state index in [1.54, 1.807) is 4.31 Å². The Kier molecular flexibility index (Phi) is 6.53. The minimum atomic E-state index is -3.37. The van der Waals surface area contributed by atoms with Crippen molar-refractivity contribution in [1.82, 2.24) is 9.03 Å². The normalized spacial score (nSPS) is 22.6. The monoisotopic (exact) mass is 292 g/mol. The third-order valence-electron chi connectivity index (χ3n) is 3.32. The highest BCUT2D eigenvalue weighted by Crippen LogP contribution is 2.18. The Hall–Kier alpha value is -0.860. The molecule has 0 bridgehead atoms. The van der Waals surface area contributed by atoms with Crippen LogP contribution in [0.2, 0.25) is 0 Å². The van der Waals surface area contributed by atoms with Gasteiger partial charge in [0.1, 0.15) is 5.84 Å². The lowest BCUT2D eigenvalue weighted by Crippen LogP contribution is -2.48. The van der Waals surface area contributed by atoms with E-state index in [2.05, 4.69) is 9.88 Å². The Morgan fingerprint density at radius 1 is 1.47 bits per heavy atom. The molecule has 1 saturated heterocycles. The smallest absolute Gasteiger partial charge is 0.279 e. The fourth-order valence-electron chi connectivity index (χ4n) is 2.19. The second-order valence-electron chi connectivity index (χ2n) is 4.90. The average molecular weight is 292 g/mol. The third kappa shape index (κ3) is 5.33. The first-order valence-corrected chi connectivity index (χ1v) is 8.14. The molecule has 0 aromatic heterocycles. The third-order valence-corrected chi connectivity index (χ3v) is 5.05. The van der Waals surface area contributed by atoms with Crippen LogP contribution in [0.5, 0.6) is 0 Å². The summed E-state index contributed by atoms with van der Waals surface area (Å²) in [6.07, 6.45) is 4.76. The molecule has 0 aliphatic carbocycles. The van der Waals surface area contributed by atoms with E-state index in [1.165, 1.54) is 0 Å². The molecule has 1 aliphatic heterocycles. The number of nitrogens with one attached hydrogen (secondary N) is 1. The molecule has 8 heteroatoms. The highest BCUT2D eigenvalue weighted by Gasteiger charge is 2.28. The van der Waals surface area contributed by atoms with Crippen LogP contribution in [0.1, 0.15) is 45.4 Å². The number of oxime groups is 1. The van der Waals surface area contributed by atoms with Crippen molar-refractivity contribution in [2.45, 2.75) is 51.5 Å². The first-order chi connectivity index (χ1) is 8.97. The molecule has 1 unspecified atom stereocenters. The van der Waals surface area contributed by atoms with Gasteiger partial charge in [-0.2, -0.15) is 12.7 Å². The average Bonchev–Trinajstić information content (AvgIpc) is 2.38. The van der Waals surface area contributed by atoms with Crippen molar-refractivity contribution in [2.24, 2.45) is 10.9 Å². The molecule has 0 saturated carbocycles. The van der Waals surface area contributed by atoms with E-state index in [0.29, 0.717) is 32.4 Å². The summed E-state index contributed by atoms with van der Waals surface area (Å²) in [4.78, 5) is 0. The van der Waals surface area contributed by atoms with Crippen LogP contribution in [0.4, 0.5) is 0 Å². The number of hydrogen-bond donors (Lipinski definition) is 3. The first kappa shape index (κ1) is 16.2. The van der Waals surface area contributed by atoms with Crippen LogP contribution in [0, 0.1) is 0 Å². The van der Waals surface area contributed by atoms with Crippen molar-refractivity contribution in [2.75, 3.05) is 13.1 Å². The second kappa shape index (κ2) is 7.66. The molecule has 1 atom stereocenters. The van der Waals surface area contributed by atoms with E-state index in [9.17, 15) is 8.42 Å². The molecule has 0 aromatic rings. The maximum absolute atomic E-state index is 12.1. The van der Waals surface area contributed by atoms with Gasteiger partial charge in [-0.1, -0.05) is 11.6 Å². The van der Waals surface area contributed by atoms with Crippen molar-refractivity contribution >= 4 is 16.0 Å². The maximum atomic E-state index is 12.1. The number of unbranched alkanes of at least 4 members (excludes halogenated alkanes) is 1. The minimum absolute atomic E-state index is 0.0726. The van der Waals surface area contributed by atoms with Gasteiger partial charge >= 0.3 is 0 Å². The van der Waals surface area contributed by atoms with Gasteiger partial charge in [0.25, 0.3) is 10.2 Å². The largest absolute Gasteiger partial charge is 0.409 e. The number of amidine groups is 1. The molecular formula is C11H24N4O3S. The first-order valence-electron chi connectivity index (χ1n) is 6.70. The summed E-state index contributed by atoms with van der Waals surface area (Å²) in [6.45, 7) is 2.92. The predicted molar refractivity (Wildman–Crippen MR) is 74.2 cm³/mol. The lowest BCUT2D eigenvalue weighted by atomic mass is 10.1. The van der Waals surface area contributed by atoms with Gasteiger partial charge in [-0.15, -0.1) is 0 Å². The lowest BCUT2D eigenvalue weighted by molar-refractivity contribution is 0.265. The Morgan fingerprint density at radius 2 is 2.21 bits per heavy atom. The van der Waals surface area contributed by atoms with E-state index in [0.717, 1.165) is 19.3 Å². The number of rotatable bonds is 7. The molecule has 0 radical (unpaired) electrons. The summed E-state index contributed by atoms with van der Waals surface area (Å²) in [5.41, 5.74) is 5.33. The summed E-state index contributed by atoms with van der Waals surface area (Å²) in [5, 5.41) is 11.2. The van der Waals surface area contributed by atoms with E-state index in [4.69, 9.17) is 10.9 Å². The van der Waals surface area contributed by atoms with Gasteiger partial charge in [0.15, 0.2) is 0 Å². The van der Waals surface area contributed by atoms with E-state index in [1.807, 2.05) is 6.92 Å². The van der Waals surface area contributed by atoms with Crippen LogP contribution < -0.4 is 10.5 Å². The van der Waals surface area contributed by atoms with Crippen molar-refractivity contribution in [3.8, 4) is 0 Å². The van der Waals surface area contributed by atoms with Crippen LogP contribution in [-0.4, -0.2) is 42.9 Å². The quantitative estimate of drug-likeness (QED) is 0.210. The van der Waals surface area contributed by atoms with Gasteiger partial charge in [0.05, 0.1) is 0 Å². The molecular weight excluding hydrogens is 268 g/mol. The number of nitrogens with zero attached hydrogens (tertiary/aromatic N) is 2. The zero-order valence-electron chi connectivity index (χ0n) is 11.4. The Bertz CT molecular complexity index is 397. The summed E-state index contributed by atoms with van der Waals surface area (Å²) in [7, 11) is -3.37. The molecule has 1 rings (SSSR count). The van der Waals surface area contributed by atoms with Crippen LogP contribution in [-0.2, 0) is 10.2 Å². The summed E-state index contributed by atoms with van der Waals surface area (Å²) in [5.74, 6) is 0.174. The van der Waals surface area contributed by atoms with Gasteiger partial charge in [-0.3, -0.25) is 0 Å². The minimum Gasteiger partial charge on any atom is -0.409 e. The molecule has 19 heavy (non-hydrogen) atoms. The fraction of sp³-hybridized carbons (Fsp3) is 0.909. The molecule has 1 fully saturated rings. The van der Waals surface area contributed by atoms with Crippen molar-refractivity contribution in [3.05, 3.63) is 0 Å². The number of nitrogens with two attached hydrogens (primary N) is 1. The zero-order chi connectivity index (χ0) is 14.3. The molecule has 4 N–H and O–H groups in total. The van der Waals surface area contributed by atoms with E-state index >= 15 is 0 Å². The summed E-state index contributed by atoms with van der Waals surface area (Å²) >= 11 is 0. The van der Waals surface area contributed by atoms with E-state index < -0.39 is 10.2 Å². The standard InChI is InChI=1S/C11H24N4O3S/c1-10-6-3-5-9-15(10)19(17,18)13-8-4-2-7-11(12)14-16/h10,13,16H,2-9H2,1H3,(H2,12,14). The summed E-state index contributed by atoms with van der Waals surface area (Å²) in [6, 6.07) is 0.0726. The highest BCUT2D eigenvalue weighted by molar-refractivity contribution is 7.87. The van der Waals surface area contributed by atoms with Crippen LogP contribution in [0.15, 0.2) is 5.16 Å². The second-order valence-corrected chi connectivity index (χ2v) is 6.61. The predicted octanol–water partition coefficient (Wildman–Crippen LogP) is 0.612. The van der Waals surface area contributed by atoms with Gasteiger partial charge in [0, 0.05) is 25.6 Å². The molecule has 0 aromatic carbocycles. The van der Waals surface area contributed by atoms with Gasteiger partial charge < -0.3 is 10.9 Å². The Balaban J connectivity index is 2.30. The number of hydrogen-bond acceptors (Lipinski definition) is 4. The summed E-state index contributed by atoms with van der Waals surface area (Å²) < 4.78 is 28.3. The molecule has 0 amide bonds. The van der Waals surface area contributed by atoms with Gasteiger partial charge in [-0.05, 0) is 32.6 Å². The molecule has 1 aliphatic rings. The molecule has 7 nitrogen and oxygen atoms in total. The SMILES string of the molecule is CC1CCCCN1S(=O)(=O)NCCCCC(N)=NO. The van der Waals surface area contributed by atoms with Crippen LogP contribution >= 0.6 is 0 Å². The lowest BCUT2D eigenvalue weighted by Gasteiger charge is -2.32. The zero-order valence-corrected chi connectivity index (χ0v) is 12.2. The molecule has 112 valence electrons. The van der Waals surface area contributed by atoms with Crippen molar-refractivity contribution in [3.63, 3.8) is 0 Å².